The first-order chi connectivity index (χ1) is 6.45. The molecule has 0 saturated carbocycles. The van der Waals surface area contributed by atoms with Crippen LogP contribution in [-0.2, 0) is 9.53 Å². The van der Waals surface area contributed by atoms with Gasteiger partial charge in [-0.05, 0) is 5.92 Å². The van der Waals surface area contributed by atoms with E-state index in [0.717, 1.165) is 11.5 Å². The fraction of sp³-hybridized carbons (Fsp3) is 0.727. The van der Waals surface area contributed by atoms with Crippen molar-refractivity contribution in [1.29, 1.82) is 0 Å². The topological polar surface area (TPSA) is 29.5 Å². The van der Waals surface area contributed by atoms with Gasteiger partial charge in [-0.3, -0.25) is 4.79 Å². The van der Waals surface area contributed by atoms with E-state index in [1.165, 1.54) is 0 Å². The van der Waals surface area contributed by atoms with Gasteiger partial charge in [-0.15, -0.1) is 0 Å². The number of nitrogens with zero attached hydrogens (tertiary/aromatic N) is 1. The molecule has 0 bridgehead atoms. The van der Waals surface area contributed by atoms with E-state index in [-0.39, 0.29) is 12.5 Å². The molecule has 0 atom stereocenters. The smallest absolute Gasteiger partial charge is 0.264 e. The van der Waals surface area contributed by atoms with Gasteiger partial charge < -0.3 is 9.64 Å². The molecular weight excluding hydrogens is 178 g/mol. The third-order valence-electron chi connectivity index (χ3n) is 2.41. The highest BCUT2D eigenvalue weighted by molar-refractivity contribution is 5.80. The van der Waals surface area contributed by atoms with Crippen molar-refractivity contribution in [2.45, 2.75) is 27.7 Å². The van der Waals surface area contributed by atoms with Crippen molar-refractivity contribution in [2.24, 2.45) is 11.8 Å². The standard InChI is InChI=1S/C11H19NO2/c1-7(2)10-11(8(3)4)14-6-9(13)12(10)5/h7-8H,6H2,1-5H3. The van der Waals surface area contributed by atoms with Crippen molar-refractivity contribution in [1.82, 2.24) is 4.90 Å². The van der Waals surface area contributed by atoms with E-state index >= 15 is 0 Å². The third kappa shape index (κ3) is 1.91. The summed E-state index contributed by atoms with van der Waals surface area (Å²) in [6, 6.07) is 0. The minimum atomic E-state index is 0.0399. The van der Waals surface area contributed by atoms with E-state index in [9.17, 15) is 4.79 Å². The van der Waals surface area contributed by atoms with Crippen LogP contribution in [0.25, 0.3) is 0 Å². The summed E-state index contributed by atoms with van der Waals surface area (Å²) in [5.41, 5.74) is 1.02. The van der Waals surface area contributed by atoms with Crippen molar-refractivity contribution >= 4 is 5.91 Å². The molecule has 0 aromatic heterocycles. The molecule has 1 amide bonds. The maximum atomic E-state index is 11.4. The minimum absolute atomic E-state index is 0.0399. The van der Waals surface area contributed by atoms with Gasteiger partial charge in [0.25, 0.3) is 5.91 Å². The summed E-state index contributed by atoms with van der Waals surface area (Å²) in [7, 11) is 1.82. The molecule has 0 N–H and O–H groups in total. The van der Waals surface area contributed by atoms with Gasteiger partial charge in [0.15, 0.2) is 6.61 Å². The Morgan fingerprint density at radius 1 is 1.21 bits per heavy atom. The number of ether oxygens (including phenoxy) is 1. The van der Waals surface area contributed by atoms with Crippen LogP contribution in [0.1, 0.15) is 27.7 Å². The van der Waals surface area contributed by atoms with E-state index in [0.29, 0.717) is 11.8 Å². The number of hydrogen-bond acceptors (Lipinski definition) is 2. The Balaban J connectivity index is 3.09. The average Bonchev–Trinajstić information content (AvgIpc) is 2.08. The number of rotatable bonds is 2. The maximum Gasteiger partial charge on any atom is 0.264 e. The Hall–Kier alpha value is -0.990. The predicted molar refractivity (Wildman–Crippen MR) is 55.4 cm³/mol. The molecule has 0 unspecified atom stereocenters. The lowest BCUT2D eigenvalue weighted by atomic mass is 10.0. The third-order valence-corrected chi connectivity index (χ3v) is 2.41. The molecule has 1 aliphatic rings. The molecule has 14 heavy (non-hydrogen) atoms. The van der Waals surface area contributed by atoms with Crippen LogP contribution in [0.3, 0.4) is 0 Å². The van der Waals surface area contributed by atoms with E-state index in [1.54, 1.807) is 4.90 Å². The summed E-state index contributed by atoms with van der Waals surface area (Å²) in [6.07, 6.45) is 0. The van der Waals surface area contributed by atoms with Crippen molar-refractivity contribution < 1.29 is 9.53 Å². The summed E-state index contributed by atoms with van der Waals surface area (Å²) in [4.78, 5) is 13.2. The molecular formula is C11H19NO2. The zero-order valence-corrected chi connectivity index (χ0v) is 9.63. The van der Waals surface area contributed by atoms with Gasteiger partial charge in [0, 0.05) is 13.0 Å². The summed E-state index contributed by atoms with van der Waals surface area (Å²) in [5, 5.41) is 0. The molecule has 1 aliphatic heterocycles. The SMILES string of the molecule is CC(C)C1=C(C(C)C)N(C)C(=O)CO1. The fourth-order valence-corrected chi connectivity index (χ4v) is 1.74. The van der Waals surface area contributed by atoms with E-state index < -0.39 is 0 Å². The van der Waals surface area contributed by atoms with Crippen LogP contribution in [-0.4, -0.2) is 24.5 Å². The lowest BCUT2D eigenvalue weighted by Gasteiger charge is -2.32. The van der Waals surface area contributed by atoms with Crippen molar-refractivity contribution in [3.05, 3.63) is 11.5 Å². The normalized spacial score (nSPS) is 18.2. The monoisotopic (exact) mass is 197 g/mol. The molecule has 0 aromatic rings. The molecule has 0 radical (unpaired) electrons. The van der Waals surface area contributed by atoms with Gasteiger partial charge in [-0.2, -0.15) is 0 Å². The van der Waals surface area contributed by atoms with E-state index in [1.807, 2.05) is 7.05 Å². The number of amides is 1. The first-order valence-electron chi connectivity index (χ1n) is 5.08. The zero-order valence-electron chi connectivity index (χ0n) is 9.63. The second-order valence-electron chi connectivity index (χ2n) is 4.30. The Bertz CT molecular complexity index is 266. The largest absolute Gasteiger partial charge is 0.486 e. The molecule has 0 saturated heterocycles. The highest BCUT2D eigenvalue weighted by Gasteiger charge is 2.28. The number of carbonyl (C=O) groups excluding carboxylic acids is 1. The van der Waals surface area contributed by atoms with E-state index in [2.05, 4.69) is 27.7 Å². The number of hydrogen-bond donors (Lipinski definition) is 0. The molecule has 80 valence electrons. The molecule has 0 aromatic carbocycles. The second-order valence-corrected chi connectivity index (χ2v) is 4.30. The first kappa shape index (κ1) is 11.1. The molecule has 1 rings (SSSR count). The van der Waals surface area contributed by atoms with Gasteiger partial charge in [-0.25, -0.2) is 0 Å². The Morgan fingerprint density at radius 3 is 2.21 bits per heavy atom. The molecule has 3 heteroatoms. The van der Waals surface area contributed by atoms with Gasteiger partial charge in [0.05, 0.1) is 5.70 Å². The van der Waals surface area contributed by atoms with Gasteiger partial charge in [-0.1, -0.05) is 27.7 Å². The van der Waals surface area contributed by atoms with Crippen LogP contribution < -0.4 is 0 Å². The summed E-state index contributed by atoms with van der Waals surface area (Å²) in [5.74, 6) is 1.66. The van der Waals surface area contributed by atoms with Crippen LogP contribution in [0, 0.1) is 11.8 Å². The number of carbonyl (C=O) groups is 1. The highest BCUT2D eigenvalue weighted by Crippen LogP contribution is 2.27. The van der Waals surface area contributed by atoms with Crippen molar-refractivity contribution in [3.8, 4) is 0 Å². The Labute approximate surface area is 85.7 Å². The lowest BCUT2D eigenvalue weighted by molar-refractivity contribution is -0.135. The summed E-state index contributed by atoms with van der Waals surface area (Å²) in [6.45, 7) is 8.51. The second kappa shape index (κ2) is 4.03. The minimum Gasteiger partial charge on any atom is -0.486 e. The van der Waals surface area contributed by atoms with Crippen LogP contribution in [0.2, 0.25) is 0 Å². The van der Waals surface area contributed by atoms with E-state index in [4.69, 9.17) is 4.74 Å². The van der Waals surface area contributed by atoms with Crippen LogP contribution in [0.15, 0.2) is 11.5 Å². The molecule has 0 spiro atoms. The first-order valence-corrected chi connectivity index (χ1v) is 5.08. The quantitative estimate of drug-likeness (QED) is 0.677. The Kier molecular flexibility index (Phi) is 3.19. The molecule has 3 nitrogen and oxygen atoms in total. The zero-order chi connectivity index (χ0) is 10.9. The van der Waals surface area contributed by atoms with Crippen molar-refractivity contribution in [3.63, 3.8) is 0 Å². The fourth-order valence-electron chi connectivity index (χ4n) is 1.74. The predicted octanol–water partition coefficient (Wildman–Crippen LogP) is 2.00. The number of likely N-dealkylation sites (N-methyl/N-ethyl adjacent to an activating group) is 1. The summed E-state index contributed by atoms with van der Waals surface area (Å²) < 4.78 is 5.48. The highest BCUT2D eigenvalue weighted by atomic mass is 16.5. The molecule has 1 heterocycles. The van der Waals surface area contributed by atoms with Gasteiger partial charge >= 0.3 is 0 Å². The molecule has 0 fully saturated rings. The van der Waals surface area contributed by atoms with Crippen molar-refractivity contribution in [2.75, 3.05) is 13.7 Å². The van der Waals surface area contributed by atoms with Crippen LogP contribution >= 0.6 is 0 Å². The maximum absolute atomic E-state index is 11.4. The molecule has 0 aliphatic carbocycles. The summed E-state index contributed by atoms with van der Waals surface area (Å²) >= 11 is 0. The lowest BCUT2D eigenvalue weighted by Crippen LogP contribution is -2.38. The van der Waals surface area contributed by atoms with Crippen LogP contribution in [0.4, 0.5) is 0 Å². The van der Waals surface area contributed by atoms with Gasteiger partial charge in [0.1, 0.15) is 5.76 Å². The average molecular weight is 197 g/mol. The van der Waals surface area contributed by atoms with Crippen LogP contribution in [0.5, 0.6) is 0 Å². The number of allylic oxidation sites excluding steroid dienone is 2. The van der Waals surface area contributed by atoms with Gasteiger partial charge in [0.2, 0.25) is 0 Å². The Morgan fingerprint density at radius 2 is 1.79 bits per heavy atom.